The zero-order valence-electron chi connectivity index (χ0n) is 8.62. The quantitative estimate of drug-likeness (QED) is 0.418. The molecule has 7 heteroatoms. The lowest BCUT2D eigenvalue weighted by Gasteiger charge is -2.23. The summed E-state index contributed by atoms with van der Waals surface area (Å²) in [6.45, 7) is -0.141. The summed E-state index contributed by atoms with van der Waals surface area (Å²) in [5.41, 5.74) is 0. The van der Waals surface area contributed by atoms with Crippen LogP contribution in [0.1, 0.15) is 0 Å². The molecule has 0 fully saturated rings. The van der Waals surface area contributed by atoms with E-state index in [1.165, 1.54) is 17.0 Å². The van der Waals surface area contributed by atoms with Crippen LogP contribution in [0.3, 0.4) is 0 Å². The molecule has 2 heterocycles. The fourth-order valence-corrected chi connectivity index (χ4v) is 1.42. The third-order valence-electron chi connectivity index (χ3n) is 2.17. The van der Waals surface area contributed by atoms with E-state index in [0.717, 1.165) is 0 Å². The summed E-state index contributed by atoms with van der Waals surface area (Å²) >= 11 is 0. The van der Waals surface area contributed by atoms with E-state index in [1.807, 2.05) is 0 Å². The smallest absolute Gasteiger partial charge is 0.366 e. The van der Waals surface area contributed by atoms with Gasteiger partial charge in [-0.1, -0.05) is 5.92 Å². The van der Waals surface area contributed by atoms with Gasteiger partial charge in [0.25, 0.3) is 11.7 Å². The van der Waals surface area contributed by atoms with Crippen LogP contribution < -0.4 is 9.64 Å². The topological polar surface area (TPSA) is 85.6 Å². The van der Waals surface area contributed by atoms with E-state index in [4.69, 9.17) is 11.2 Å². The van der Waals surface area contributed by atoms with Gasteiger partial charge >= 0.3 is 5.82 Å². The number of ether oxygens (including phenoxy) is 1. The second-order valence-corrected chi connectivity index (χ2v) is 3.22. The van der Waals surface area contributed by atoms with Crippen LogP contribution in [0.5, 0.6) is 5.75 Å². The Balaban J connectivity index is 2.49. The minimum atomic E-state index is -0.645. The van der Waals surface area contributed by atoms with E-state index in [9.17, 15) is 14.9 Å². The number of nitrogens with zero attached hydrogens (tertiary/aromatic N) is 3. The molecule has 0 bridgehead atoms. The lowest BCUT2D eigenvalue weighted by molar-refractivity contribution is -0.389. The molecule has 0 radical (unpaired) electrons. The van der Waals surface area contributed by atoms with Crippen molar-refractivity contribution in [3.05, 3.63) is 22.2 Å². The zero-order valence-corrected chi connectivity index (χ0v) is 8.62. The van der Waals surface area contributed by atoms with E-state index in [1.54, 1.807) is 0 Å². The predicted octanol–water partition coefficient (Wildman–Crippen LogP) is 0.348. The number of amides is 1. The molecule has 1 aliphatic heterocycles. The Labute approximate surface area is 96.2 Å². The van der Waals surface area contributed by atoms with Gasteiger partial charge in [-0.2, -0.15) is 0 Å². The highest BCUT2D eigenvalue weighted by atomic mass is 16.6. The number of pyridine rings is 1. The lowest BCUT2D eigenvalue weighted by atomic mass is 10.3. The SMILES string of the molecule is C#CCN1C(=O)COc2ccc([N+](=O)[O-])nc21. The van der Waals surface area contributed by atoms with Gasteiger partial charge in [0, 0.05) is 6.07 Å². The molecular weight excluding hydrogens is 226 g/mol. The number of fused-ring (bicyclic) bond motifs is 1. The fraction of sp³-hybridized carbons (Fsp3) is 0.200. The highest BCUT2D eigenvalue weighted by Crippen LogP contribution is 2.31. The molecule has 0 N–H and O–H groups in total. The van der Waals surface area contributed by atoms with E-state index in [0.29, 0.717) is 5.75 Å². The van der Waals surface area contributed by atoms with Crippen molar-refractivity contribution in [1.29, 1.82) is 0 Å². The van der Waals surface area contributed by atoms with Crippen LogP contribution in [-0.4, -0.2) is 29.0 Å². The van der Waals surface area contributed by atoms with Gasteiger partial charge in [-0.25, -0.2) is 0 Å². The summed E-state index contributed by atoms with van der Waals surface area (Å²) in [6.07, 6.45) is 5.13. The molecule has 0 unspecified atom stereocenters. The first-order valence-corrected chi connectivity index (χ1v) is 4.65. The first-order chi connectivity index (χ1) is 8.13. The number of rotatable bonds is 2. The van der Waals surface area contributed by atoms with Crippen molar-refractivity contribution in [2.24, 2.45) is 0 Å². The van der Waals surface area contributed by atoms with Crippen LogP contribution in [0.2, 0.25) is 0 Å². The number of hydrogen-bond acceptors (Lipinski definition) is 5. The molecule has 1 aliphatic rings. The Morgan fingerprint density at radius 2 is 2.41 bits per heavy atom. The van der Waals surface area contributed by atoms with Crippen LogP contribution in [0.25, 0.3) is 0 Å². The Morgan fingerprint density at radius 3 is 3.06 bits per heavy atom. The van der Waals surface area contributed by atoms with Crippen molar-refractivity contribution in [2.75, 3.05) is 18.1 Å². The largest absolute Gasteiger partial charge is 0.477 e. The second-order valence-electron chi connectivity index (χ2n) is 3.22. The number of carbonyl (C=O) groups excluding carboxylic acids is 1. The number of carbonyl (C=O) groups is 1. The Kier molecular flexibility index (Phi) is 2.62. The van der Waals surface area contributed by atoms with Gasteiger partial charge in [-0.05, 0) is 16.0 Å². The maximum Gasteiger partial charge on any atom is 0.366 e. The monoisotopic (exact) mass is 233 g/mol. The molecule has 0 aliphatic carbocycles. The molecule has 0 atom stereocenters. The minimum Gasteiger partial charge on any atom is -0.477 e. The molecule has 1 aromatic rings. The summed E-state index contributed by atoms with van der Waals surface area (Å²) in [5, 5.41) is 10.6. The average Bonchev–Trinajstić information content (AvgIpc) is 2.32. The Morgan fingerprint density at radius 1 is 1.65 bits per heavy atom. The third-order valence-corrected chi connectivity index (χ3v) is 2.17. The maximum absolute atomic E-state index is 11.5. The van der Waals surface area contributed by atoms with Crippen LogP contribution in [0, 0.1) is 22.5 Å². The molecule has 17 heavy (non-hydrogen) atoms. The number of aromatic nitrogens is 1. The maximum atomic E-state index is 11.5. The normalized spacial score (nSPS) is 13.6. The summed E-state index contributed by atoms with van der Waals surface area (Å²) < 4.78 is 5.10. The van der Waals surface area contributed by atoms with E-state index >= 15 is 0 Å². The van der Waals surface area contributed by atoms with Gasteiger partial charge in [0.2, 0.25) is 0 Å². The summed E-state index contributed by atoms with van der Waals surface area (Å²) in [5.74, 6) is 1.97. The molecule has 0 spiro atoms. The van der Waals surface area contributed by atoms with E-state index in [2.05, 4.69) is 10.9 Å². The lowest BCUT2D eigenvalue weighted by Crippen LogP contribution is -2.39. The Bertz CT molecular complexity index is 535. The number of anilines is 1. The molecule has 1 amide bonds. The molecule has 7 nitrogen and oxygen atoms in total. The van der Waals surface area contributed by atoms with Crippen molar-refractivity contribution in [2.45, 2.75) is 0 Å². The van der Waals surface area contributed by atoms with E-state index < -0.39 is 4.92 Å². The van der Waals surface area contributed by atoms with Gasteiger partial charge < -0.3 is 14.9 Å². The minimum absolute atomic E-state index is 0.00333. The van der Waals surface area contributed by atoms with Gasteiger partial charge in [0.05, 0.1) is 6.54 Å². The molecule has 0 saturated carbocycles. The number of hydrogen-bond donors (Lipinski definition) is 0. The van der Waals surface area contributed by atoms with Crippen molar-refractivity contribution in [3.63, 3.8) is 0 Å². The number of terminal acetylenes is 1. The van der Waals surface area contributed by atoms with Crippen molar-refractivity contribution in [1.82, 2.24) is 4.98 Å². The second kappa shape index (κ2) is 4.09. The molecule has 1 aromatic heterocycles. The first kappa shape index (κ1) is 10.9. The third kappa shape index (κ3) is 1.88. The van der Waals surface area contributed by atoms with Crippen molar-refractivity contribution < 1.29 is 14.5 Å². The van der Waals surface area contributed by atoms with Crippen molar-refractivity contribution in [3.8, 4) is 18.1 Å². The summed E-state index contributed by atoms with van der Waals surface area (Å²) in [4.78, 5) is 26.4. The van der Waals surface area contributed by atoms with Gasteiger partial charge in [0.15, 0.2) is 12.4 Å². The van der Waals surface area contributed by atoms with Crippen LogP contribution in [0.4, 0.5) is 11.6 Å². The molecular formula is C10H7N3O4. The first-order valence-electron chi connectivity index (χ1n) is 4.65. The average molecular weight is 233 g/mol. The zero-order chi connectivity index (χ0) is 12.4. The van der Waals surface area contributed by atoms with Gasteiger partial charge in [-0.3, -0.25) is 9.69 Å². The van der Waals surface area contributed by atoms with Crippen LogP contribution >= 0.6 is 0 Å². The van der Waals surface area contributed by atoms with Crippen molar-refractivity contribution >= 4 is 17.5 Å². The number of nitro groups is 1. The molecule has 86 valence electrons. The summed E-state index contributed by atoms with van der Waals surface area (Å²) in [7, 11) is 0. The summed E-state index contributed by atoms with van der Waals surface area (Å²) in [6, 6.07) is 2.61. The molecule has 0 saturated heterocycles. The van der Waals surface area contributed by atoms with Gasteiger partial charge in [0.1, 0.15) is 0 Å². The Hall–Kier alpha value is -2.62. The van der Waals surface area contributed by atoms with Crippen LogP contribution in [-0.2, 0) is 4.79 Å². The molecule has 2 rings (SSSR count). The standard InChI is InChI=1S/C10H7N3O4/c1-2-5-12-9(14)6-17-7-3-4-8(13(15)16)11-10(7)12/h1,3-4H,5-6H2. The van der Waals surface area contributed by atoms with E-state index in [-0.39, 0.29) is 30.7 Å². The highest BCUT2D eigenvalue weighted by Gasteiger charge is 2.31. The molecule has 0 aromatic carbocycles. The highest BCUT2D eigenvalue weighted by molar-refractivity contribution is 5.97. The van der Waals surface area contributed by atoms with Crippen LogP contribution in [0.15, 0.2) is 12.1 Å². The predicted molar refractivity (Wildman–Crippen MR) is 57.6 cm³/mol. The fourth-order valence-electron chi connectivity index (χ4n) is 1.42. The van der Waals surface area contributed by atoms with Gasteiger partial charge in [-0.15, -0.1) is 6.42 Å².